The standard InChI is InChI=1S/C18H19N3O4/c1-11-20-17-8-19-16-7-5-4-6-15(16)18(17)21(11)9-14(25-13(3)23)10-24-12(2)22/h4-8,14H,9-10H2,1-3H3. The number of para-hydroxylation sites is 1. The number of esters is 2. The summed E-state index contributed by atoms with van der Waals surface area (Å²) in [6, 6.07) is 7.79. The van der Waals surface area contributed by atoms with Gasteiger partial charge in [0.15, 0.2) is 6.10 Å². The Morgan fingerprint density at radius 1 is 1.16 bits per heavy atom. The second-order valence-corrected chi connectivity index (χ2v) is 5.81. The Bertz CT molecular complexity index is 948. The molecule has 0 saturated carbocycles. The highest BCUT2D eigenvalue weighted by Crippen LogP contribution is 2.25. The number of ether oxygens (including phenoxy) is 2. The molecule has 2 aromatic heterocycles. The summed E-state index contributed by atoms with van der Waals surface area (Å²) in [6.07, 6.45) is 1.14. The van der Waals surface area contributed by atoms with Gasteiger partial charge in [-0.2, -0.15) is 0 Å². The van der Waals surface area contributed by atoms with Gasteiger partial charge >= 0.3 is 11.9 Å². The number of imidazole rings is 1. The Morgan fingerprint density at radius 2 is 1.92 bits per heavy atom. The molecule has 0 aliphatic rings. The molecule has 2 heterocycles. The first kappa shape index (κ1) is 16.9. The predicted octanol–water partition coefficient (Wildman–Crippen LogP) is 2.39. The first-order chi connectivity index (χ1) is 12.0. The van der Waals surface area contributed by atoms with Crippen molar-refractivity contribution in [3.8, 4) is 0 Å². The van der Waals surface area contributed by atoms with Gasteiger partial charge in [-0.1, -0.05) is 18.2 Å². The zero-order valence-electron chi connectivity index (χ0n) is 14.4. The van der Waals surface area contributed by atoms with E-state index in [4.69, 9.17) is 9.47 Å². The lowest BCUT2D eigenvalue weighted by Crippen LogP contribution is -2.29. The number of fused-ring (bicyclic) bond motifs is 3. The van der Waals surface area contributed by atoms with E-state index in [0.29, 0.717) is 6.54 Å². The van der Waals surface area contributed by atoms with E-state index in [9.17, 15) is 9.59 Å². The van der Waals surface area contributed by atoms with Crippen LogP contribution in [-0.4, -0.2) is 39.2 Å². The van der Waals surface area contributed by atoms with Crippen LogP contribution in [0.5, 0.6) is 0 Å². The second kappa shape index (κ2) is 6.88. The molecule has 0 N–H and O–H groups in total. The van der Waals surface area contributed by atoms with Crippen molar-refractivity contribution in [1.82, 2.24) is 14.5 Å². The highest BCUT2D eigenvalue weighted by molar-refractivity contribution is 6.02. The van der Waals surface area contributed by atoms with Crippen molar-refractivity contribution in [2.75, 3.05) is 6.61 Å². The summed E-state index contributed by atoms with van der Waals surface area (Å²) in [4.78, 5) is 31.5. The van der Waals surface area contributed by atoms with Gasteiger partial charge in [0.2, 0.25) is 0 Å². The van der Waals surface area contributed by atoms with Crippen molar-refractivity contribution in [1.29, 1.82) is 0 Å². The SMILES string of the molecule is CC(=O)OCC(Cn1c(C)nc2cnc3ccccc3c21)OC(C)=O. The molecule has 25 heavy (non-hydrogen) atoms. The zero-order valence-corrected chi connectivity index (χ0v) is 14.4. The first-order valence-corrected chi connectivity index (χ1v) is 7.97. The molecule has 0 aliphatic carbocycles. The van der Waals surface area contributed by atoms with Crippen molar-refractivity contribution >= 4 is 33.9 Å². The molecule has 0 saturated heterocycles. The molecule has 130 valence electrons. The number of aromatic nitrogens is 3. The molecular weight excluding hydrogens is 322 g/mol. The van der Waals surface area contributed by atoms with Gasteiger partial charge in [0.25, 0.3) is 0 Å². The summed E-state index contributed by atoms with van der Waals surface area (Å²) in [6.45, 7) is 4.87. The smallest absolute Gasteiger partial charge is 0.303 e. The molecular formula is C18H19N3O4. The largest absolute Gasteiger partial charge is 0.462 e. The molecule has 0 aliphatic heterocycles. The Hall–Kier alpha value is -2.96. The van der Waals surface area contributed by atoms with E-state index < -0.39 is 18.0 Å². The molecule has 1 atom stereocenters. The van der Waals surface area contributed by atoms with Gasteiger partial charge in [0, 0.05) is 19.2 Å². The van der Waals surface area contributed by atoms with E-state index in [2.05, 4.69) is 9.97 Å². The van der Waals surface area contributed by atoms with Crippen molar-refractivity contribution in [2.24, 2.45) is 0 Å². The Labute approximate surface area is 144 Å². The summed E-state index contributed by atoms with van der Waals surface area (Å²) < 4.78 is 12.3. The van der Waals surface area contributed by atoms with Crippen LogP contribution >= 0.6 is 0 Å². The summed E-state index contributed by atoms with van der Waals surface area (Å²) in [5.41, 5.74) is 2.55. The number of nitrogens with zero attached hydrogens (tertiary/aromatic N) is 3. The topological polar surface area (TPSA) is 83.3 Å². The lowest BCUT2D eigenvalue weighted by molar-refractivity contribution is -0.157. The molecule has 3 aromatic rings. The maximum absolute atomic E-state index is 11.4. The average molecular weight is 341 g/mol. The Morgan fingerprint density at radius 3 is 2.64 bits per heavy atom. The average Bonchev–Trinajstić information content (AvgIpc) is 2.88. The third kappa shape index (κ3) is 3.60. The first-order valence-electron chi connectivity index (χ1n) is 7.97. The monoisotopic (exact) mass is 341 g/mol. The van der Waals surface area contributed by atoms with Crippen LogP contribution < -0.4 is 0 Å². The highest BCUT2D eigenvalue weighted by Gasteiger charge is 2.19. The number of hydrogen-bond acceptors (Lipinski definition) is 6. The zero-order chi connectivity index (χ0) is 18.0. The molecule has 0 radical (unpaired) electrons. The van der Waals surface area contributed by atoms with Gasteiger partial charge in [-0.05, 0) is 13.0 Å². The van der Waals surface area contributed by atoms with E-state index >= 15 is 0 Å². The van der Waals surface area contributed by atoms with Gasteiger partial charge in [-0.3, -0.25) is 14.6 Å². The number of aryl methyl sites for hydroxylation is 1. The molecule has 1 aromatic carbocycles. The van der Waals surface area contributed by atoms with Crippen LogP contribution in [0, 0.1) is 6.92 Å². The van der Waals surface area contributed by atoms with Crippen molar-refractivity contribution in [2.45, 2.75) is 33.4 Å². The number of rotatable bonds is 5. The van der Waals surface area contributed by atoms with Gasteiger partial charge < -0.3 is 14.0 Å². The molecule has 3 rings (SSSR count). The van der Waals surface area contributed by atoms with E-state index in [1.54, 1.807) is 6.20 Å². The van der Waals surface area contributed by atoms with E-state index in [-0.39, 0.29) is 6.61 Å². The van der Waals surface area contributed by atoms with Gasteiger partial charge in [0.1, 0.15) is 17.9 Å². The van der Waals surface area contributed by atoms with Crippen LogP contribution in [0.25, 0.3) is 21.9 Å². The molecule has 0 bridgehead atoms. The van der Waals surface area contributed by atoms with Gasteiger partial charge in [-0.15, -0.1) is 0 Å². The number of carbonyl (C=O) groups excluding carboxylic acids is 2. The fraction of sp³-hybridized carbons (Fsp3) is 0.333. The van der Waals surface area contributed by atoms with Crippen molar-refractivity contribution in [3.63, 3.8) is 0 Å². The molecule has 0 amide bonds. The van der Waals surface area contributed by atoms with E-state index in [1.165, 1.54) is 13.8 Å². The molecule has 0 spiro atoms. The predicted molar refractivity (Wildman–Crippen MR) is 92.0 cm³/mol. The quantitative estimate of drug-likeness (QED) is 0.663. The molecule has 7 nitrogen and oxygen atoms in total. The lowest BCUT2D eigenvalue weighted by atomic mass is 10.2. The van der Waals surface area contributed by atoms with Crippen LogP contribution in [0.15, 0.2) is 30.5 Å². The fourth-order valence-electron chi connectivity index (χ4n) is 2.87. The van der Waals surface area contributed by atoms with Crippen molar-refractivity contribution < 1.29 is 19.1 Å². The summed E-state index contributed by atoms with van der Waals surface area (Å²) in [7, 11) is 0. The Kier molecular flexibility index (Phi) is 4.65. The third-order valence-corrected chi connectivity index (χ3v) is 3.86. The molecule has 0 fully saturated rings. The number of hydrogen-bond donors (Lipinski definition) is 0. The number of benzene rings is 1. The maximum atomic E-state index is 11.4. The summed E-state index contributed by atoms with van der Waals surface area (Å²) >= 11 is 0. The minimum atomic E-state index is -0.593. The van der Waals surface area contributed by atoms with E-state index in [1.807, 2.05) is 35.8 Å². The lowest BCUT2D eigenvalue weighted by Gasteiger charge is -2.19. The second-order valence-electron chi connectivity index (χ2n) is 5.81. The van der Waals surface area contributed by atoms with Crippen LogP contribution in [0.2, 0.25) is 0 Å². The maximum Gasteiger partial charge on any atom is 0.303 e. The normalized spacial score (nSPS) is 12.3. The fourth-order valence-corrected chi connectivity index (χ4v) is 2.87. The highest BCUT2D eigenvalue weighted by atomic mass is 16.6. The van der Waals surface area contributed by atoms with Crippen LogP contribution in [-0.2, 0) is 25.6 Å². The summed E-state index contributed by atoms with van der Waals surface area (Å²) in [5.74, 6) is -0.0714. The van der Waals surface area contributed by atoms with Gasteiger partial charge in [-0.25, -0.2) is 4.98 Å². The van der Waals surface area contributed by atoms with E-state index in [0.717, 1.165) is 27.8 Å². The van der Waals surface area contributed by atoms with Crippen LogP contribution in [0.4, 0.5) is 0 Å². The third-order valence-electron chi connectivity index (χ3n) is 3.86. The van der Waals surface area contributed by atoms with Gasteiger partial charge in [0.05, 0.1) is 23.8 Å². The summed E-state index contributed by atoms with van der Waals surface area (Å²) in [5, 5.41) is 0.967. The minimum Gasteiger partial charge on any atom is -0.462 e. The minimum absolute atomic E-state index is 0.00293. The number of pyridine rings is 1. The molecule has 1 unspecified atom stereocenters. The molecule has 7 heteroatoms. The van der Waals surface area contributed by atoms with Crippen molar-refractivity contribution in [3.05, 3.63) is 36.3 Å². The number of carbonyl (C=O) groups is 2. The van der Waals surface area contributed by atoms with Crippen LogP contribution in [0.3, 0.4) is 0 Å². The Balaban J connectivity index is 2.03. The van der Waals surface area contributed by atoms with Crippen LogP contribution in [0.1, 0.15) is 19.7 Å².